The fourth-order valence-electron chi connectivity index (χ4n) is 3.33. The Hall–Kier alpha value is -4.01. The van der Waals surface area contributed by atoms with Crippen molar-refractivity contribution in [3.63, 3.8) is 0 Å². The van der Waals surface area contributed by atoms with Crippen LogP contribution in [0.5, 0.6) is 5.75 Å². The number of carbonyl (C=O) groups is 1. The van der Waals surface area contributed by atoms with Crippen LogP contribution >= 0.6 is 0 Å². The molecule has 4 aromatic rings. The molecule has 0 spiro atoms. The van der Waals surface area contributed by atoms with Gasteiger partial charge in [0.15, 0.2) is 5.69 Å². The average molecular weight is 416 g/mol. The number of benzene rings is 1. The summed E-state index contributed by atoms with van der Waals surface area (Å²) in [5.74, 6) is 1.58. The summed E-state index contributed by atoms with van der Waals surface area (Å²) in [4.78, 5) is 22.7. The van der Waals surface area contributed by atoms with Gasteiger partial charge in [-0.25, -0.2) is 0 Å². The van der Waals surface area contributed by atoms with Crippen LogP contribution in [0.4, 0.5) is 0 Å². The third-order valence-corrected chi connectivity index (χ3v) is 5.22. The second-order valence-corrected chi connectivity index (χ2v) is 7.43. The van der Waals surface area contributed by atoms with Crippen molar-refractivity contribution >= 4 is 5.91 Å². The molecule has 1 aromatic carbocycles. The minimum atomic E-state index is -0.0691. The molecule has 0 N–H and O–H groups in total. The van der Waals surface area contributed by atoms with E-state index in [1.165, 1.54) is 0 Å². The molecule has 0 radical (unpaired) electrons. The van der Waals surface area contributed by atoms with E-state index in [-0.39, 0.29) is 12.0 Å². The molecule has 9 nitrogen and oxygen atoms in total. The molecule has 4 heterocycles. The van der Waals surface area contributed by atoms with Crippen molar-refractivity contribution in [2.45, 2.75) is 13.0 Å². The van der Waals surface area contributed by atoms with Crippen LogP contribution in [0.1, 0.15) is 16.2 Å². The lowest BCUT2D eigenvalue weighted by atomic mass is 10.1. The van der Waals surface area contributed by atoms with Crippen LogP contribution in [-0.4, -0.2) is 54.9 Å². The maximum atomic E-state index is 12.5. The maximum Gasteiger partial charge on any atom is 0.274 e. The Kier molecular flexibility index (Phi) is 4.70. The van der Waals surface area contributed by atoms with Crippen molar-refractivity contribution in [1.82, 2.24) is 29.8 Å². The van der Waals surface area contributed by atoms with Gasteiger partial charge in [0.05, 0.1) is 18.7 Å². The molecule has 31 heavy (non-hydrogen) atoms. The van der Waals surface area contributed by atoms with Crippen LogP contribution in [0, 0.1) is 6.92 Å². The molecule has 0 saturated carbocycles. The molecule has 9 heteroatoms. The first-order valence-corrected chi connectivity index (χ1v) is 9.88. The molecule has 1 amide bonds. The molecule has 156 valence electrons. The fraction of sp³-hybridized carbons (Fsp3) is 0.227. The SMILES string of the molecule is Cc1cc(C(=O)N2CC(Oc3ccc(-c4noc(-c5cccnc5)n4)cc3)C2)nn1C. The second-order valence-electron chi connectivity index (χ2n) is 7.43. The summed E-state index contributed by atoms with van der Waals surface area (Å²) in [6.45, 7) is 2.99. The molecule has 1 saturated heterocycles. The van der Waals surface area contributed by atoms with Crippen LogP contribution < -0.4 is 4.74 Å². The molecule has 0 atom stereocenters. The summed E-state index contributed by atoms with van der Waals surface area (Å²) >= 11 is 0. The predicted molar refractivity (Wildman–Crippen MR) is 111 cm³/mol. The lowest BCUT2D eigenvalue weighted by Gasteiger charge is -2.38. The van der Waals surface area contributed by atoms with Gasteiger partial charge in [-0.3, -0.25) is 14.5 Å². The zero-order valence-corrected chi connectivity index (χ0v) is 17.1. The van der Waals surface area contributed by atoms with E-state index in [9.17, 15) is 4.79 Å². The Balaban J connectivity index is 1.18. The Morgan fingerprint density at radius 3 is 2.65 bits per heavy atom. The molecule has 1 aliphatic rings. The van der Waals surface area contributed by atoms with Gasteiger partial charge < -0.3 is 14.2 Å². The predicted octanol–water partition coefficient (Wildman–Crippen LogP) is 2.74. The summed E-state index contributed by atoms with van der Waals surface area (Å²) in [7, 11) is 1.83. The van der Waals surface area contributed by atoms with E-state index in [0.717, 1.165) is 22.6 Å². The zero-order chi connectivity index (χ0) is 21.4. The number of nitrogens with zero attached hydrogens (tertiary/aromatic N) is 6. The first-order chi connectivity index (χ1) is 15.1. The number of hydrogen-bond donors (Lipinski definition) is 0. The second kappa shape index (κ2) is 7.67. The Morgan fingerprint density at radius 1 is 1.16 bits per heavy atom. The molecule has 1 aliphatic heterocycles. The highest BCUT2D eigenvalue weighted by molar-refractivity contribution is 5.93. The van der Waals surface area contributed by atoms with E-state index in [1.54, 1.807) is 28.0 Å². The number of rotatable bonds is 5. The molecule has 0 bridgehead atoms. The first kappa shape index (κ1) is 19.0. The van der Waals surface area contributed by atoms with Gasteiger partial charge in [0, 0.05) is 30.7 Å². The minimum Gasteiger partial charge on any atom is -0.487 e. The highest BCUT2D eigenvalue weighted by Crippen LogP contribution is 2.25. The zero-order valence-electron chi connectivity index (χ0n) is 17.1. The number of pyridine rings is 1. The summed E-state index contributed by atoms with van der Waals surface area (Å²) in [5.41, 5.74) is 3.01. The van der Waals surface area contributed by atoms with Crippen LogP contribution in [0.25, 0.3) is 22.8 Å². The molecule has 0 unspecified atom stereocenters. The van der Waals surface area contributed by atoms with Gasteiger partial charge in [-0.1, -0.05) is 5.16 Å². The fourth-order valence-corrected chi connectivity index (χ4v) is 3.33. The van der Waals surface area contributed by atoms with E-state index < -0.39 is 0 Å². The van der Waals surface area contributed by atoms with Gasteiger partial charge in [-0.2, -0.15) is 10.1 Å². The molecule has 1 fully saturated rings. The summed E-state index contributed by atoms with van der Waals surface area (Å²) in [6.07, 6.45) is 3.33. The summed E-state index contributed by atoms with van der Waals surface area (Å²) < 4.78 is 13.0. The van der Waals surface area contributed by atoms with Crippen LogP contribution in [0.2, 0.25) is 0 Å². The Bertz CT molecular complexity index is 1190. The topological polar surface area (TPSA) is 99.2 Å². The summed E-state index contributed by atoms with van der Waals surface area (Å²) in [5, 5.41) is 8.28. The molecular weight excluding hydrogens is 396 g/mol. The summed E-state index contributed by atoms with van der Waals surface area (Å²) in [6, 6.07) is 13.0. The number of carbonyl (C=O) groups excluding carboxylic acids is 1. The van der Waals surface area contributed by atoms with Crippen molar-refractivity contribution < 1.29 is 14.1 Å². The van der Waals surface area contributed by atoms with Crippen molar-refractivity contribution in [2.75, 3.05) is 13.1 Å². The highest BCUT2D eigenvalue weighted by Gasteiger charge is 2.34. The molecule has 3 aromatic heterocycles. The third kappa shape index (κ3) is 3.77. The largest absolute Gasteiger partial charge is 0.487 e. The monoisotopic (exact) mass is 416 g/mol. The number of aryl methyl sites for hydroxylation is 2. The van der Waals surface area contributed by atoms with E-state index in [2.05, 4.69) is 20.2 Å². The van der Waals surface area contributed by atoms with E-state index in [0.29, 0.717) is 30.5 Å². The Labute approximate surface area is 178 Å². The number of likely N-dealkylation sites (tertiary alicyclic amines) is 1. The lowest BCUT2D eigenvalue weighted by molar-refractivity contribution is 0.0173. The van der Waals surface area contributed by atoms with E-state index in [1.807, 2.05) is 50.4 Å². The van der Waals surface area contributed by atoms with Crippen molar-refractivity contribution in [3.05, 3.63) is 66.2 Å². The Morgan fingerprint density at radius 2 is 1.97 bits per heavy atom. The molecular formula is C22H20N6O3. The standard InChI is InChI=1S/C22H20N6O3/c1-14-10-19(25-27(14)2)22(29)28-12-18(13-28)30-17-7-5-15(6-8-17)20-24-21(31-26-20)16-4-3-9-23-11-16/h3-11,18H,12-13H2,1-2H3. The van der Waals surface area contributed by atoms with Gasteiger partial charge in [-0.05, 0) is 49.4 Å². The highest BCUT2D eigenvalue weighted by atomic mass is 16.5. The van der Waals surface area contributed by atoms with E-state index >= 15 is 0 Å². The van der Waals surface area contributed by atoms with E-state index in [4.69, 9.17) is 9.26 Å². The smallest absolute Gasteiger partial charge is 0.274 e. The molecule has 0 aliphatic carbocycles. The maximum absolute atomic E-state index is 12.5. The van der Waals surface area contributed by atoms with Gasteiger partial charge in [0.2, 0.25) is 5.82 Å². The van der Waals surface area contributed by atoms with Crippen molar-refractivity contribution in [1.29, 1.82) is 0 Å². The third-order valence-electron chi connectivity index (χ3n) is 5.22. The first-order valence-electron chi connectivity index (χ1n) is 9.88. The van der Waals surface area contributed by atoms with Crippen molar-refractivity contribution in [2.24, 2.45) is 7.05 Å². The van der Waals surface area contributed by atoms with Gasteiger partial charge in [0.1, 0.15) is 11.9 Å². The lowest BCUT2D eigenvalue weighted by Crippen LogP contribution is -2.56. The molecule has 5 rings (SSSR count). The number of hydrogen-bond acceptors (Lipinski definition) is 7. The van der Waals surface area contributed by atoms with Gasteiger partial charge in [-0.15, -0.1) is 0 Å². The van der Waals surface area contributed by atoms with Crippen LogP contribution in [-0.2, 0) is 7.05 Å². The van der Waals surface area contributed by atoms with Gasteiger partial charge >= 0.3 is 0 Å². The number of ether oxygens (including phenoxy) is 1. The average Bonchev–Trinajstić information content (AvgIpc) is 3.38. The minimum absolute atomic E-state index is 0.0398. The number of amides is 1. The van der Waals surface area contributed by atoms with Crippen LogP contribution in [0.15, 0.2) is 59.4 Å². The van der Waals surface area contributed by atoms with Crippen molar-refractivity contribution in [3.8, 4) is 28.6 Å². The number of aromatic nitrogens is 5. The van der Waals surface area contributed by atoms with Crippen LogP contribution in [0.3, 0.4) is 0 Å². The normalized spacial score (nSPS) is 13.8. The quantitative estimate of drug-likeness (QED) is 0.493. The van der Waals surface area contributed by atoms with Gasteiger partial charge in [0.25, 0.3) is 11.8 Å².